The number of allylic oxidation sites excluding steroid dienone is 2. The van der Waals surface area contributed by atoms with Crippen LogP contribution in [0.3, 0.4) is 0 Å². The number of aliphatic carboxylic acids is 1. The van der Waals surface area contributed by atoms with E-state index in [4.69, 9.17) is 9.63 Å². The molecule has 34 heavy (non-hydrogen) atoms. The molecular weight excluding hydrogens is 436 g/mol. The van der Waals surface area contributed by atoms with Gasteiger partial charge in [0.2, 0.25) is 0 Å². The van der Waals surface area contributed by atoms with Crippen molar-refractivity contribution in [2.24, 2.45) is 10.4 Å². The maximum atomic E-state index is 12.9. The van der Waals surface area contributed by atoms with E-state index in [9.17, 15) is 19.5 Å². The topological polar surface area (TPSA) is 130 Å². The number of aryl methyl sites for hydroxylation is 1. The Balaban J connectivity index is 1.54. The van der Waals surface area contributed by atoms with Crippen LogP contribution < -0.4 is 0 Å². The van der Waals surface area contributed by atoms with Gasteiger partial charge in [-0.1, -0.05) is 49.3 Å². The summed E-state index contributed by atoms with van der Waals surface area (Å²) in [5.74, 6) is -0.991. The summed E-state index contributed by atoms with van der Waals surface area (Å²) >= 11 is 0. The lowest BCUT2D eigenvalue weighted by Gasteiger charge is -2.31. The van der Waals surface area contributed by atoms with Crippen molar-refractivity contribution in [1.29, 1.82) is 0 Å². The SMILES string of the molecule is CC1(C)CC(=O)/C(=C(\O)CCc2noc3c2C(=O)CC(c2ccccc2)C3)C(=NCC(=O)O)C1. The fraction of sp³-hybridized carbons (Fsp3) is 0.423. The third kappa shape index (κ3) is 5.00. The molecule has 178 valence electrons. The van der Waals surface area contributed by atoms with Crippen LogP contribution in [-0.4, -0.2) is 45.2 Å². The zero-order valence-electron chi connectivity index (χ0n) is 19.3. The minimum atomic E-state index is -1.11. The van der Waals surface area contributed by atoms with Crippen LogP contribution in [0.2, 0.25) is 0 Å². The molecule has 1 unspecified atom stereocenters. The zero-order chi connectivity index (χ0) is 24.5. The Bertz CT molecular complexity index is 1190. The van der Waals surface area contributed by atoms with Crippen LogP contribution in [0.25, 0.3) is 0 Å². The van der Waals surface area contributed by atoms with Crippen LogP contribution in [0.5, 0.6) is 0 Å². The van der Waals surface area contributed by atoms with Gasteiger partial charge in [0.05, 0.1) is 22.5 Å². The number of ketones is 2. The van der Waals surface area contributed by atoms with Crippen LogP contribution in [0.4, 0.5) is 0 Å². The highest BCUT2D eigenvalue weighted by Crippen LogP contribution is 2.37. The van der Waals surface area contributed by atoms with Crippen LogP contribution in [0.1, 0.15) is 72.8 Å². The predicted molar refractivity (Wildman–Crippen MR) is 124 cm³/mol. The van der Waals surface area contributed by atoms with Gasteiger partial charge in [0.15, 0.2) is 11.6 Å². The van der Waals surface area contributed by atoms with Crippen molar-refractivity contribution in [3.8, 4) is 0 Å². The molecule has 0 aliphatic heterocycles. The second kappa shape index (κ2) is 9.37. The Kier molecular flexibility index (Phi) is 6.50. The van der Waals surface area contributed by atoms with Gasteiger partial charge in [0.25, 0.3) is 0 Å². The monoisotopic (exact) mass is 464 g/mol. The van der Waals surface area contributed by atoms with Gasteiger partial charge in [-0.05, 0) is 23.3 Å². The first kappa shape index (κ1) is 23.6. The first-order chi connectivity index (χ1) is 16.1. The van der Waals surface area contributed by atoms with E-state index in [1.807, 2.05) is 44.2 Å². The molecule has 2 aliphatic rings. The summed E-state index contributed by atoms with van der Waals surface area (Å²) in [5.41, 5.74) is 2.05. The number of carbonyl (C=O) groups is 3. The van der Waals surface area contributed by atoms with Gasteiger partial charge in [-0.15, -0.1) is 0 Å². The fourth-order valence-electron chi connectivity index (χ4n) is 4.85. The van der Waals surface area contributed by atoms with Gasteiger partial charge >= 0.3 is 5.97 Å². The summed E-state index contributed by atoms with van der Waals surface area (Å²) in [6.07, 6.45) is 1.85. The fourth-order valence-corrected chi connectivity index (χ4v) is 4.85. The lowest BCUT2D eigenvalue weighted by molar-refractivity contribution is -0.135. The molecule has 1 aromatic heterocycles. The standard InChI is InChI=1S/C26H28N2O6/c1-26(2)12-18(27-14-23(32)33)24(21(31)13-26)19(29)9-8-17-25-20(30)10-16(11-22(25)34-28-17)15-6-4-3-5-7-15/h3-7,16,29H,8-14H2,1-2H3,(H,32,33)/b24-19-,27-18?. The molecule has 0 spiro atoms. The number of carboxylic acids is 1. The number of rotatable bonds is 6. The Morgan fingerprint density at radius 1 is 1.12 bits per heavy atom. The average molecular weight is 465 g/mol. The Morgan fingerprint density at radius 3 is 2.56 bits per heavy atom. The number of aliphatic hydroxyl groups excluding tert-OH is 1. The molecule has 0 amide bonds. The molecule has 1 atom stereocenters. The minimum absolute atomic E-state index is 0.0359. The van der Waals surface area contributed by atoms with Crippen LogP contribution in [-0.2, 0) is 22.4 Å². The van der Waals surface area contributed by atoms with Crippen molar-refractivity contribution in [3.05, 3.63) is 64.2 Å². The number of carboxylic acid groups (broad SMARTS) is 1. The molecule has 0 saturated heterocycles. The molecule has 1 saturated carbocycles. The van der Waals surface area contributed by atoms with Crippen molar-refractivity contribution in [2.75, 3.05) is 6.54 Å². The van der Waals surface area contributed by atoms with Gasteiger partial charge < -0.3 is 14.7 Å². The summed E-state index contributed by atoms with van der Waals surface area (Å²) in [6.45, 7) is 3.35. The molecule has 1 fully saturated rings. The second-order valence-corrected chi connectivity index (χ2v) is 9.79. The number of aliphatic hydroxyl groups is 1. The molecule has 2 aromatic rings. The Labute approximate surface area is 197 Å². The number of aromatic nitrogens is 1. The first-order valence-corrected chi connectivity index (χ1v) is 11.4. The van der Waals surface area contributed by atoms with E-state index in [-0.39, 0.29) is 53.5 Å². The highest BCUT2D eigenvalue weighted by Gasteiger charge is 2.37. The third-order valence-corrected chi connectivity index (χ3v) is 6.39. The molecule has 4 rings (SSSR count). The molecule has 0 bridgehead atoms. The maximum absolute atomic E-state index is 12.9. The second-order valence-electron chi connectivity index (χ2n) is 9.79. The van der Waals surface area contributed by atoms with E-state index < -0.39 is 12.5 Å². The highest BCUT2D eigenvalue weighted by molar-refractivity contribution is 6.24. The van der Waals surface area contributed by atoms with Crippen LogP contribution in [0, 0.1) is 5.41 Å². The van der Waals surface area contributed by atoms with Gasteiger partial charge in [0.1, 0.15) is 18.1 Å². The van der Waals surface area contributed by atoms with E-state index in [2.05, 4.69) is 10.1 Å². The number of hydrogen-bond acceptors (Lipinski definition) is 7. The molecule has 1 heterocycles. The average Bonchev–Trinajstić information content (AvgIpc) is 3.19. The number of nitrogens with zero attached hydrogens (tertiary/aromatic N) is 2. The quantitative estimate of drug-likeness (QED) is 0.483. The van der Waals surface area contributed by atoms with Crippen molar-refractivity contribution in [3.63, 3.8) is 0 Å². The summed E-state index contributed by atoms with van der Waals surface area (Å²) in [4.78, 5) is 40.8. The van der Waals surface area contributed by atoms with Gasteiger partial charge in [-0.25, -0.2) is 0 Å². The molecule has 8 nitrogen and oxygen atoms in total. The van der Waals surface area contributed by atoms with E-state index in [0.717, 1.165) is 5.56 Å². The summed E-state index contributed by atoms with van der Waals surface area (Å²) in [7, 11) is 0. The number of aliphatic imine (C=N–C) groups is 1. The molecule has 8 heteroatoms. The van der Waals surface area contributed by atoms with Crippen molar-refractivity contribution < 1.29 is 29.1 Å². The number of Topliss-reactive ketones (excluding diaryl/α,β-unsaturated/α-hetero) is 2. The Hall–Kier alpha value is -3.55. The van der Waals surface area contributed by atoms with E-state index >= 15 is 0 Å². The highest BCUT2D eigenvalue weighted by atomic mass is 16.5. The maximum Gasteiger partial charge on any atom is 0.325 e. The van der Waals surface area contributed by atoms with Crippen LogP contribution >= 0.6 is 0 Å². The largest absolute Gasteiger partial charge is 0.511 e. The smallest absolute Gasteiger partial charge is 0.325 e. The van der Waals surface area contributed by atoms with Crippen LogP contribution in [0.15, 0.2) is 51.2 Å². The van der Waals surface area contributed by atoms with Crippen molar-refractivity contribution in [1.82, 2.24) is 5.16 Å². The normalized spacial score (nSPS) is 22.5. The number of hydrogen-bond donors (Lipinski definition) is 2. The number of benzene rings is 1. The third-order valence-electron chi connectivity index (χ3n) is 6.39. The van der Waals surface area contributed by atoms with Gasteiger partial charge in [0, 0.05) is 32.1 Å². The van der Waals surface area contributed by atoms with Crippen molar-refractivity contribution >= 4 is 23.2 Å². The molecule has 2 aliphatic carbocycles. The predicted octanol–water partition coefficient (Wildman–Crippen LogP) is 4.25. The lowest BCUT2D eigenvalue weighted by atomic mass is 9.73. The van der Waals surface area contributed by atoms with E-state index in [1.165, 1.54) is 0 Å². The summed E-state index contributed by atoms with van der Waals surface area (Å²) in [6, 6.07) is 9.81. The Morgan fingerprint density at radius 2 is 1.85 bits per heavy atom. The van der Waals surface area contributed by atoms with Crippen molar-refractivity contribution in [2.45, 2.75) is 58.3 Å². The van der Waals surface area contributed by atoms with E-state index in [0.29, 0.717) is 42.0 Å². The lowest BCUT2D eigenvalue weighted by Crippen LogP contribution is -2.33. The minimum Gasteiger partial charge on any atom is -0.511 e. The number of fused-ring (bicyclic) bond motifs is 1. The first-order valence-electron chi connectivity index (χ1n) is 11.4. The summed E-state index contributed by atoms with van der Waals surface area (Å²) in [5, 5.41) is 23.9. The zero-order valence-corrected chi connectivity index (χ0v) is 19.3. The van der Waals surface area contributed by atoms with E-state index in [1.54, 1.807) is 0 Å². The molecule has 0 radical (unpaired) electrons. The van der Waals surface area contributed by atoms with Gasteiger partial charge in [-0.2, -0.15) is 0 Å². The molecule has 1 aromatic carbocycles. The van der Waals surface area contributed by atoms with Gasteiger partial charge in [-0.3, -0.25) is 19.4 Å². The number of carbonyl (C=O) groups excluding carboxylic acids is 2. The molecule has 2 N–H and O–H groups in total. The molecular formula is C26H28N2O6. The summed E-state index contributed by atoms with van der Waals surface area (Å²) < 4.78 is 5.50.